The van der Waals surface area contributed by atoms with E-state index in [2.05, 4.69) is 6.58 Å². The smallest absolute Gasteiger partial charge is 0.338 e. The highest BCUT2D eigenvalue weighted by molar-refractivity contribution is 6.01. The number of hydrogen-bond donors (Lipinski definition) is 1. The number of fused-ring (bicyclic) bond motifs is 1. The molecule has 0 aromatic heterocycles. The van der Waals surface area contributed by atoms with E-state index >= 15 is 0 Å². The lowest BCUT2D eigenvalue weighted by Crippen LogP contribution is -2.14. The molecule has 0 atom stereocenters. The van der Waals surface area contributed by atoms with Gasteiger partial charge in [0.1, 0.15) is 5.75 Å². The first-order valence-corrected chi connectivity index (χ1v) is 6.62. The molecule has 0 spiro atoms. The lowest BCUT2D eigenvalue weighted by molar-refractivity contribution is -0.129. The third-order valence-electron chi connectivity index (χ3n) is 3.23. The third-order valence-corrected chi connectivity index (χ3v) is 3.23. The summed E-state index contributed by atoms with van der Waals surface area (Å²) in [5.74, 6) is 0.110. The average molecular weight is 285 g/mol. The van der Waals surface area contributed by atoms with Crippen LogP contribution in [0.2, 0.25) is 0 Å². The zero-order chi connectivity index (χ0) is 15.7. The van der Waals surface area contributed by atoms with E-state index in [4.69, 9.17) is 4.74 Å². The van der Waals surface area contributed by atoms with Gasteiger partial charge in [0, 0.05) is 36.5 Å². The van der Waals surface area contributed by atoms with Gasteiger partial charge in [-0.25, -0.2) is 4.79 Å². The summed E-state index contributed by atoms with van der Waals surface area (Å²) < 4.78 is 5.49. The monoisotopic (exact) mass is 285 g/mol. The number of benzene rings is 2. The van der Waals surface area contributed by atoms with E-state index in [0.717, 1.165) is 5.56 Å². The minimum Gasteiger partial charge on any atom is -0.507 e. The van der Waals surface area contributed by atoms with Crippen molar-refractivity contribution < 1.29 is 14.6 Å². The summed E-state index contributed by atoms with van der Waals surface area (Å²) in [5, 5.41) is 11.6. The molecular weight excluding hydrogens is 266 g/mol. The summed E-state index contributed by atoms with van der Waals surface area (Å²) >= 11 is 0. The second-order valence-corrected chi connectivity index (χ2v) is 5.36. The first kappa shape index (κ1) is 14.9. The fourth-order valence-electron chi connectivity index (χ4n) is 2.10. The molecule has 0 radical (unpaired) electrons. The Morgan fingerprint density at radius 1 is 1.24 bits per heavy atom. The number of carbonyl (C=O) groups is 1. The number of rotatable bonds is 3. The molecule has 0 fully saturated rings. The van der Waals surface area contributed by atoms with Crippen molar-refractivity contribution in [3.8, 4) is 11.5 Å². The molecule has 21 heavy (non-hydrogen) atoms. The van der Waals surface area contributed by atoms with Crippen molar-refractivity contribution in [2.24, 2.45) is 0 Å². The maximum Gasteiger partial charge on any atom is 0.338 e. The Hall–Kier alpha value is -2.49. The molecular formula is C17H19NO3. The molecule has 0 heterocycles. The van der Waals surface area contributed by atoms with Gasteiger partial charge in [-0.2, -0.15) is 0 Å². The first-order chi connectivity index (χ1) is 9.81. The summed E-state index contributed by atoms with van der Waals surface area (Å²) in [5.41, 5.74) is 1.99. The van der Waals surface area contributed by atoms with Gasteiger partial charge >= 0.3 is 5.97 Å². The van der Waals surface area contributed by atoms with E-state index in [1.165, 1.54) is 0 Å². The van der Waals surface area contributed by atoms with Crippen molar-refractivity contribution in [2.75, 3.05) is 19.0 Å². The van der Waals surface area contributed by atoms with Crippen LogP contribution in [0.1, 0.15) is 12.5 Å². The molecule has 0 saturated heterocycles. The van der Waals surface area contributed by atoms with E-state index in [0.29, 0.717) is 27.8 Å². The molecule has 0 unspecified atom stereocenters. The topological polar surface area (TPSA) is 49.8 Å². The fraction of sp³-hybridized carbons (Fsp3) is 0.235. The number of ether oxygens (including phenoxy) is 1. The van der Waals surface area contributed by atoms with Gasteiger partial charge in [0.2, 0.25) is 0 Å². The number of aromatic hydroxyl groups is 1. The summed E-state index contributed by atoms with van der Waals surface area (Å²) in [7, 11) is 3.65. The second kappa shape index (κ2) is 5.48. The predicted molar refractivity (Wildman–Crippen MR) is 85.1 cm³/mol. The average Bonchev–Trinajstić information content (AvgIpc) is 2.41. The normalized spacial score (nSPS) is 10.5. The van der Waals surface area contributed by atoms with Gasteiger partial charge in [-0.3, -0.25) is 0 Å². The zero-order valence-electron chi connectivity index (χ0n) is 12.7. The van der Waals surface area contributed by atoms with Gasteiger partial charge in [-0.1, -0.05) is 24.3 Å². The van der Waals surface area contributed by atoms with Crippen LogP contribution in [-0.2, 0) is 4.79 Å². The highest BCUT2D eigenvalue weighted by Crippen LogP contribution is 2.41. The Kier molecular flexibility index (Phi) is 3.89. The molecule has 2 aromatic rings. The van der Waals surface area contributed by atoms with Crippen molar-refractivity contribution in [1.29, 1.82) is 0 Å². The number of phenols is 1. The van der Waals surface area contributed by atoms with E-state index in [1.54, 1.807) is 17.9 Å². The minimum absolute atomic E-state index is 0.160. The Labute approximate surface area is 124 Å². The number of nitrogens with zero attached hydrogens (tertiary/aromatic N) is 1. The minimum atomic E-state index is -0.481. The molecule has 0 saturated carbocycles. The predicted octanol–water partition coefficient (Wildman–Crippen LogP) is 3.40. The van der Waals surface area contributed by atoms with Crippen LogP contribution in [0.3, 0.4) is 0 Å². The van der Waals surface area contributed by atoms with Gasteiger partial charge < -0.3 is 14.7 Å². The molecule has 2 aromatic carbocycles. The van der Waals surface area contributed by atoms with Crippen molar-refractivity contribution in [3.63, 3.8) is 0 Å². The molecule has 0 aliphatic carbocycles. The lowest BCUT2D eigenvalue weighted by atomic mass is 10.0. The molecule has 4 heteroatoms. The Balaban J connectivity index is 2.74. The fourth-order valence-corrected chi connectivity index (χ4v) is 2.10. The van der Waals surface area contributed by atoms with E-state index in [9.17, 15) is 9.90 Å². The van der Waals surface area contributed by atoms with E-state index in [1.807, 2.05) is 39.2 Å². The highest BCUT2D eigenvalue weighted by atomic mass is 16.5. The number of hydrogen-bond acceptors (Lipinski definition) is 4. The summed E-state index contributed by atoms with van der Waals surface area (Å²) in [4.78, 5) is 13.7. The summed E-state index contributed by atoms with van der Waals surface area (Å²) in [6.45, 7) is 7.14. The molecule has 110 valence electrons. The summed E-state index contributed by atoms with van der Waals surface area (Å²) in [6, 6.07) is 7.22. The molecule has 0 amide bonds. The Bertz CT molecular complexity index is 732. The van der Waals surface area contributed by atoms with Crippen molar-refractivity contribution in [1.82, 2.24) is 0 Å². The van der Waals surface area contributed by atoms with Crippen LogP contribution in [-0.4, -0.2) is 25.2 Å². The largest absolute Gasteiger partial charge is 0.507 e. The van der Waals surface area contributed by atoms with Gasteiger partial charge in [0.25, 0.3) is 0 Å². The van der Waals surface area contributed by atoms with E-state index in [-0.39, 0.29) is 5.75 Å². The number of carbonyl (C=O) groups excluding carboxylic acids is 1. The Morgan fingerprint density at radius 3 is 2.48 bits per heavy atom. The Morgan fingerprint density at radius 2 is 1.90 bits per heavy atom. The van der Waals surface area contributed by atoms with Gasteiger partial charge in [-0.15, -0.1) is 0 Å². The molecule has 4 nitrogen and oxygen atoms in total. The zero-order valence-corrected chi connectivity index (χ0v) is 12.7. The van der Waals surface area contributed by atoms with Gasteiger partial charge in [-0.05, 0) is 19.9 Å². The van der Waals surface area contributed by atoms with Crippen LogP contribution >= 0.6 is 0 Å². The van der Waals surface area contributed by atoms with Crippen molar-refractivity contribution in [3.05, 3.63) is 42.0 Å². The van der Waals surface area contributed by atoms with Crippen LogP contribution in [0.25, 0.3) is 10.8 Å². The molecule has 0 bridgehead atoms. The number of phenolic OH excluding ortho intramolecular Hbond substituents is 1. The molecule has 2 rings (SSSR count). The highest BCUT2D eigenvalue weighted by Gasteiger charge is 2.18. The standard InChI is InChI=1S/C17H19NO3/c1-10(2)17(20)21-16-12-7-6-11(3)8-13(12)15(19)9-14(16)18(4)5/h6-9,19H,1H2,2-5H3. The number of esters is 1. The summed E-state index contributed by atoms with van der Waals surface area (Å²) in [6.07, 6.45) is 0. The second-order valence-electron chi connectivity index (χ2n) is 5.36. The lowest BCUT2D eigenvalue weighted by Gasteiger charge is -2.20. The van der Waals surface area contributed by atoms with Crippen LogP contribution in [0.5, 0.6) is 11.5 Å². The number of aryl methyl sites for hydroxylation is 1. The van der Waals surface area contributed by atoms with Crippen LogP contribution in [0.15, 0.2) is 36.4 Å². The van der Waals surface area contributed by atoms with Gasteiger partial charge in [0.15, 0.2) is 5.75 Å². The SMILES string of the molecule is C=C(C)C(=O)Oc1c(N(C)C)cc(O)c2cc(C)ccc12. The quantitative estimate of drug-likeness (QED) is 0.533. The van der Waals surface area contributed by atoms with Crippen molar-refractivity contribution in [2.45, 2.75) is 13.8 Å². The number of anilines is 1. The first-order valence-electron chi connectivity index (χ1n) is 6.62. The van der Waals surface area contributed by atoms with Gasteiger partial charge in [0.05, 0.1) is 5.69 Å². The third kappa shape index (κ3) is 2.84. The van der Waals surface area contributed by atoms with Crippen LogP contribution < -0.4 is 9.64 Å². The van der Waals surface area contributed by atoms with Crippen molar-refractivity contribution >= 4 is 22.4 Å². The maximum absolute atomic E-state index is 11.9. The molecule has 0 aliphatic heterocycles. The van der Waals surface area contributed by atoms with E-state index < -0.39 is 5.97 Å². The maximum atomic E-state index is 11.9. The van der Waals surface area contributed by atoms with Crippen LogP contribution in [0, 0.1) is 6.92 Å². The van der Waals surface area contributed by atoms with Crippen LogP contribution in [0.4, 0.5) is 5.69 Å². The molecule has 1 N–H and O–H groups in total. The molecule has 0 aliphatic rings.